The van der Waals surface area contributed by atoms with E-state index in [4.69, 9.17) is 0 Å². The largest absolute Gasteiger partial charge is 0.328 e. The number of Topliss-reactive ketones (excluding diaryl/α,β-unsaturated/α-hetero) is 1. The van der Waals surface area contributed by atoms with Crippen molar-refractivity contribution >= 4 is 17.4 Å². The van der Waals surface area contributed by atoms with Crippen molar-refractivity contribution < 1.29 is 9.72 Å². The van der Waals surface area contributed by atoms with E-state index in [9.17, 15) is 14.9 Å². The number of carbonyl (C=O) groups excluding carboxylic acids is 1. The van der Waals surface area contributed by atoms with Crippen LogP contribution in [0.15, 0.2) is 65.9 Å². The Morgan fingerprint density at radius 2 is 1.90 bits per heavy atom. The first kappa shape index (κ1) is 19.2. The average Bonchev–Trinajstić information content (AvgIpc) is 3.16. The van der Waals surface area contributed by atoms with Crippen molar-refractivity contribution in [1.82, 2.24) is 14.8 Å². The molecule has 2 aromatic carbocycles. The molecule has 1 aliphatic carbocycles. The third kappa shape index (κ3) is 3.30. The number of nitrogens with zero attached hydrogens (tertiary/aromatic N) is 4. The second-order valence-corrected chi connectivity index (χ2v) is 8.78. The normalized spacial score (nSPS) is 19.4. The molecule has 2 heterocycles. The zero-order chi connectivity index (χ0) is 21.8. The highest BCUT2D eigenvalue weighted by molar-refractivity contribution is 6.00. The molecule has 3 aromatic rings. The maximum Gasteiger partial charge on any atom is 0.270 e. The molecule has 0 amide bonds. The van der Waals surface area contributed by atoms with E-state index in [1.165, 1.54) is 12.1 Å². The molecule has 1 unspecified atom stereocenters. The number of non-ortho nitro benzene ring substituents is 1. The molecule has 1 aliphatic heterocycles. The van der Waals surface area contributed by atoms with Gasteiger partial charge in [0.05, 0.1) is 4.92 Å². The van der Waals surface area contributed by atoms with Crippen LogP contribution in [-0.4, -0.2) is 25.5 Å². The van der Waals surface area contributed by atoms with Crippen LogP contribution >= 0.6 is 0 Å². The van der Waals surface area contributed by atoms with Gasteiger partial charge in [0, 0.05) is 35.4 Å². The van der Waals surface area contributed by atoms with Crippen LogP contribution < -0.4 is 5.32 Å². The number of allylic oxidation sites excluding steroid dienone is 2. The van der Waals surface area contributed by atoms with Gasteiger partial charge in [-0.25, -0.2) is 4.68 Å². The number of aromatic nitrogens is 3. The standard InChI is InChI=1S/C23H21N5O3/c1-23(2)12-17-19(18(29)13-23)20(14-7-4-3-5-8-14)27-22(24-17)25-21(26-27)15-9-6-10-16(11-15)28(30)31/h3-11,20H,12-13H2,1-2H3,(H,24,25,26). The fourth-order valence-corrected chi connectivity index (χ4v) is 4.43. The maximum atomic E-state index is 13.2. The first-order valence-corrected chi connectivity index (χ1v) is 10.1. The Morgan fingerprint density at radius 1 is 1.13 bits per heavy atom. The van der Waals surface area contributed by atoms with E-state index in [1.807, 2.05) is 30.3 Å². The summed E-state index contributed by atoms with van der Waals surface area (Å²) in [6.07, 6.45) is 1.20. The average molecular weight is 415 g/mol. The van der Waals surface area contributed by atoms with Gasteiger partial charge in [0.2, 0.25) is 5.95 Å². The fourth-order valence-electron chi connectivity index (χ4n) is 4.43. The van der Waals surface area contributed by atoms with Crippen molar-refractivity contribution in [3.8, 4) is 11.4 Å². The van der Waals surface area contributed by atoms with Crippen LogP contribution in [0.1, 0.15) is 38.3 Å². The highest BCUT2D eigenvalue weighted by atomic mass is 16.6. The van der Waals surface area contributed by atoms with Crippen molar-refractivity contribution in [3.05, 3.63) is 81.5 Å². The summed E-state index contributed by atoms with van der Waals surface area (Å²) >= 11 is 0. The van der Waals surface area contributed by atoms with Gasteiger partial charge >= 0.3 is 0 Å². The molecule has 0 bridgehead atoms. The molecular weight excluding hydrogens is 394 g/mol. The van der Waals surface area contributed by atoms with Crippen LogP contribution in [0.2, 0.25) is 0 Å². The molecule has 2 aliphatic rings. The molecule has 0 saturated carbocycles. The Labute approximate surface area is 178 Å². The summed E-state index contributed by atoms with van der Waals surface area (Å²) in [7, 11) is 0. The molecule has 0 spiro atoms. The van der Waals surface area contributed by atoms with Gasteiger partial charge in [0.25, 0.3) is 5.69 Å². The molecule has 5 rings (SSSR count). The first-order valence-electron chi connectivity index (χ1n) is 10.1. The monoisotopic (exact) mass is 415 g/mol. The van der Waals surface area contributed by atoms with Gasteiger partial charge in [0.15, 0.2) is 11.6 Å². The van der Waals surface area contributed by atoms with E-state index in [-0.39, 0.29) is 16.9 Å². The van der Waals surface area contributed by atoms with Crippen LogP contribution in [0.3, 0.4) is 0 Å². The van der Waals surface area contributed by atoms with Gasteiger partial charge in [-0.1, -0.05) is 56.3 Å². The quantitative estimate of drug-likeness (QED) is 0.499. The van der Waals surface area contributed by atoms with Gasteiger partial charge in [-0.15, -0.1) is 5.10 Å². The van der Waals surface area contributed by atoms with E-state index < -0.39 is 11.0 Å². The van der Waals surface area contributed by atoms with Gasteiger partial charge in [-0.3, -0.25) is 14.9 Å². The predicted octanol–water partition coefficient (Wildman–Crippen LogP) is 4.51. The lowest BCUT2D eigenvalue weighted by Crippen LogP contribution is -2.36. The molecule has 0 saturated heterocycles. The molecule has 8 nitrogen and oxygen atoms in total. The number of nitro groups is 1. The summed E-state index contributed by atoms with van der Waals surface area (Å²) in [6.45, 7) is 4.17. The minimum Gasteiger partial charge on any atom is -0.328 e. The SMILES string of the molecule is CC1(C)CC(=O)C2=C(C1)Nc1nc(-c3cccc([N+](=O)[O-])c3)nn1C2c1ccccc1. The Bertz CT molecular complexity index is 1240. The number of carbonyl (C=O) groups is 1. The van der Waals surface area contributed by atoms with Crippen LogP contribution in [0.4, 0.5) is 11.6 Å². The Kier molecular flexibility index (Phi) is 4.25. The third-order valence-electron chi connectivity index (χ3n) is 5.76. The lowest BCUT2D eigenvalue weighted by molar-refractivity contribution is -0.384. The van der Waals surface area contributed by atoms with Crippen LogP contribution in [-0.2, 0) is 4.79 Å². The number of hydrogen-bond acceptors (Lipinski definition) is 6. The fraction of sp³-hybridized carbons (Fsp3) is 0.261. The summed E-state index contributed by atoms with van der Waals surface area (Å²) in [5.41, 5.74) is 2.92. The Morgan fingerprint density at radius 3 is 2.65 bits per heavy atom. The Hall–Kier alpha value is -3.81. The molecule has 8 heteroatoms. The number of nitrogens with one attached hydrogen (secondary N) is 1. The van der Waals surface area contributed by atoms with Crippen molar-refractivity contribution in [2.75, 3.05) is 5.32 Å². The minimum atomic E-state index is -0.439. The third-order valence-corrected chi connectivity index (χ3v) is 5.76. The van der Waals surface area contributed by atoms with Crippen LogP contribution in [0, 0.1) is 15.5 Å². The molecule has 1 N–H and O–H groups in total. The molecule has 31 heavy (non-hydrogen) atoms. The molecule has 1 aromatic heterocycles. The number of nitro benzene ring substituents is 1. The van der Waals surface area contributed by atoms with Crippen LogP contribution in [0.25, 0.3) is 11.4 Å². The van der Waals surface area contributed by atoms with E-state index in [1.54, 1.807) is 16.8 Å². The number of fused-ring (bicyclic) bond motifs is 1. The van der Waals surface area contributed by atoms with Gasteiger partial charge in [-0.05, 0) is 17.4 Å². The van der Waals surface area contributed by atoms with Crippen molar-refractivity contribution in [2.24, 2.45) is 5.41 Å². The Balaban J connectivity index is 1.66. The zero-order valence-corrected chi connectivity index (χ0v) is 17.2. The second-order valence-electron chi connectivity index (χ2n) is 8.78. The number of anilines is 1. The predicted molar refractivity (Wildman–Crippen MR) is 115 cm³/mol. The lowest BCUT2D eigenvalue weighted by Gasteiger charge is -2.38. The van der Waals surface area contributed by atoms with Gasteiger partial charge in [0.1, 0.15) is 6.04 Å². The second kappa shape index (κ2) is 6.87. The lowest BCUT2D eigenvalue weighted by atomic mass is 9.73. The number of benzene rings is 2. The van der Waals surface area contributed by atoms with E-state index in [2.05, 4.69) is 29.2 Å². The summed E-state index contributed by atoms with van der Waals surface area (Å²) in [6, 6.07) is 15.6. The van der Waals surface area contributed by atoms with Crippen molar-refractivity contribution in [2.45, 2.75) is 32.7 Å². The zero-order valence-electron chi connectivity index (χ0n) is 17.2. The summed E-state index contributed by atoms with van der Waals surface area (Å²) in [5.74, 6) is 1.00. The highest BCUT2D eigenvalue weighted by Crippen LogP contribution is 2.45. The number of ketones is 1. The summed E-state index contributed by atoms with van der Waals surface area (Å²) in [4.78, 5) is 28.6. The van der Waals surface area contributed by atoms with Crippen LogP contribution in [0.5, 0.6) is 0 Å². The number of rotatable bonds is 3. The highest BCUT2D eigenvalue weighted by Gasteiger charge is 2.41. The minimum absolute atomic E-state index is 0.0211. The topological polar surface area (TPSA) is 103 Å². The van der Waals surface area contributed by atoms with Crippen molar-refractivity contribution in [1.29, 1.82) is 0 Å². The molecule has 156 valence electrons. The smallest absolute Gasteiger partial charge is 0.270 e. The molecular formula is C23H21N5O3. The maximum absolute atomic E-state index is 13.2. The summed E-state index contributed by atoms with van der Waals surface area (Å²) in [5, 5.41) is 19.2. The summed E-state index contributed by atoms with van der Waals surface area (Å²) < 4.78 is 1.72. The van der Waals surface area contributed by atoms with E-state index in [0.717, 1.165) is 17.7 Å². The molecule has 1 atom stereocenters. The first-order chi connectivity index (χ1) is 14.8. The van der Waals surface area contributed by atoms with Gasteiger partial charge in [-0.2, -0.15) is 4.98 Å². The van der Waals surface area contributed by atoms with E-state index in [0.29, 0.717) is 29.3 Å². The van der Waals surface area contributed by atoms with Crippen molar-refractivity contribution in [3.63, 3.8) is 0 Å². The molecule has 0 radical (unpaired) electrons. The number of hydrogen-bond donors (Lipinski definition) is 1. The molecule has 0 fully saturated rings. The van der Waals surface area contributed by atoms with Gasteiger partial charge < -0.3 is 5.32 Å². The van der Waals surface area contributed by atoms with E-state index >= 15 is 0 Å².